The number of unbranched alkanes of at least 4 members (excludes halogenated alkanes) is 2. The van der Waals surface area contributed by atoms with Crippen molar-refractivity contribution in [3.05, 3.63) is 22.4 Å². The predicted octanol–water partition coefficient (Wildman–Crippen LogP) is 1.70. The van der Waals surface area contributed by atoms with E-state index in [1.54, 1.807) is 17.5 Å². The highest BCUT2D eigenvalue weighted by atomic mass is 32.1. The first kappa shape index (κ1) is 16.2. The molecule has 7 heteroatoms. The molecule has 3 N–H and O–H groups in total. The third-order valence-corrected chi connectivity index (χ3v) is 3.43. The van der Waals surface area contributed by atoms with Crippen molar-refractivity contribution in [1.82, 2.24) is 5.32 Å². The Morgan fingerprint density at radius 1 is 1.25 bits per heavy atom. The van der Waals surface area contributed by atoms with E-state index in [4.69, 9.17) is 10.5 Å². The lowest BCUT2D eigenvalue weighted by Crippen LogP contribution is -2.29. The summed E-state index contributed by atoms with van der Waals surface area (Å²) in [6, 6.07) is 2.93. The molecule has 20 heavy (non-hydrogen) atoms. The van der Waals surface area contributed by atoms with E-state index < -0.39 is 6.03 Å². The molecule has 1 aromatic rings. The van der Waals surface area contributed by atoms with Crippen molar-refractivity contribution in [2.75, 3.05) is 13.2 Å². The fraction of sp³-hybridized carbons (Fsp3) is 0.462. The van der Waals surface area contributed by atoms with Gasteiger partial charge in [0.2, 0.25) is 5.78 Å². The summed E-state index contributed by atoms with van der Waals surface area (Å²) < 4.78 is 4.90. The number of ketones is 1. The smallest absolute Gasteiger partial charge is 0.312 e. The Labute approximate surface area is 121 Å². The summed E-state index contributed by atoms with van der Waals surface area (Å²) in [6.07, 6.45) is 2.47. The van der Waals surface area contributed by atoms with Crippen molar-refractivity contribution < 1.29 is 19.1 Å². The Bertz CT molecular complexity index is 445. The fourth-order valence-corrected chi connectivity index (χ4v) is 2.16. The highest BCUT2D eigenvalue weighted by molar-refractivity contribution is 7.12. The molecule has 0 spiro atoms. The second-order valence-corrected chi connectivity index (χ2v) is 5.11. The summed E-state index contributed by atoms with van der Waals surface area (Å²) in [5, 5.41) is 4.27. The molecule has 2 amide bonds. The molecule has 0 aliphatic carbocycles. The summed E-state index contributed by atoms with van der Waals surface area (Å²) in [4.78, 5) is 34.0. The third-order valence-electron chi connectivity index (χ3n) is 2.52. The molecule has 0 aliphatic rings. The van der Waals surface area contributed by atoms with Crippen LogP contribution in [0.5, 0.6) is 0 Å². The number of esters is 1. The summed E-state index contributed by atoms with van der Waals surface area (Å²) in [5.74, 6) is -0.559. The summed E-state index contributed by atoms with van der Waals surface area (Å²) in [5.41, 5.74) is 4.91. The zero-order valence-electron chi connectivity index (χ0n) is 11.1. The Balaban J connectivity index is 2.03. The number of primary amides is 1. The molecule has 1 heterocycles. The number of ether oxygens (including phenoxy) is 1. The standard InChI is InChI=1S/C13H18N2O4S/c14-13(18)15-7-3-1-2-6-12(17)19-9-10(16)11-5-4-8-20-11/h4-5,8H,1-3,6-7,9H2,(H3,14,15,18). The van der Waals surface area contributed by atoms with Crippen LogP contribution in [0.1, 0.15) is 35.4 Å². The van der Waals surface area contributed by atoms with Crippen molar-refractivity contribution in [2.24, 2.45) is 5.73 Å². The van der Waals surface area contributed by atoms with E-state index in [9.17, 15) is 14.4 Å². The normalized spacial score (nSPS) is 10.0. The lowest BCUT2D eigenvalue weighted by Gasteiger charge is -2.04. The number of carbonyl (C=O) groups is 3. The van der Waals surface area contributed by atoms with Crippen LogP contribution in [0.3, 0.4) is 0 Å². The van der Waals surface area contributed by atoms with Gasteiger partial charge in [-0.2, -0.15) is 0 Å². The number of amides is 2. The Kier molecular flexibility index (Phi) is 7.34. The topological polar surface area (TPSA) is 98.5 Å². The van der Waals surface area contributed by atoms with Crippen LogP contribution in [0.4, 0.5) is 4.79 Å². The summed E-state index contributed by atoms with van der Waals surface area (Å²) in [7, 11) is 0. The van der Waals surface area contributed by atoms with Gasteiger partial charge < -0.3 is 15.8 Å². The van der Waals surface area contributed by atoms with Gasteiger partial charge in [0.05, 0.1) is 4.88 Å². The quantitative estimate of drug-likeness (QED) is 0.412. The molecule has 0 bridgehead atoms. The molecule has 0 radical (unpaired) electrons. The van der Waals surface area contributed by atoms with Gasteiger partial charge in [0.25, 0.3) is 0 Å². The van der Waals surface area contributed by atoms with Crippen molar-refractivity contribution in [3.63, 3.8) is 0 Å². The van der Waals surface area contributed by atoms with Crippen molar-refractivity contribution in [3.8, 4) is 0 Å². The summed E-state index contributed by atoms with van der Waals surface area (Å²) >= 11 is 1.33. The van der Waals surface area contributed by atoms with Crippen molar-refractivity contribution in [2.45, 2.75) is 25.7 Å². The number of hydrogen-bond acceptors (Lipinski definition) is 5. The van der Waals surface area contributed by atoms with Gasteiger partial charge >= 0.3 is 12.0 Å². The Morgan fingerprint density at radius 3 is 2.70 bits per heavy atom. The van der Waals surface area contributed by atoms with Gasteiger partial charge in [0, 0.05) is 13.0 Å². The molecular weight excluding hydrogens is 280 g/mol. The maximum absolute atomic E-state index is 11.6. The van der Waals surface area contributed by atoms with Crippen LogP contribution in [-0.2, 0) is 9.53 Å². The average Bonchev–Trinajstić information content (AvgIpc) is 2.93. The molecule has 0 aromatic carbocycles. The van der Waals surface area contributed by atoms with Crippen molar-refractivity contribution >= 4 is 29.1 Å². The molecule has 1 rings (SSSR count). The zero-order chi connectivity index (χ0) is 14.8. The van der Waals surface area contributed by atoms with E-state index in [0.29, 0.717) is 17.8 Å². The third kappa shape index (κ3) is 6.89. The molecule has 0 saturated heterocycles. The highest BCUT2D eigenvalue weighted by Gasteiger charge is 2.10. The van der Waals surface area contributed by atoms with Gasteiger partial charge in [0.1, 0.15) is 0 Å². The minimum absolute atomic E-state index is 0.181. The number of hydrogen-bond donors (Lipinski definition) is 2. The zero-order valence-corrected chi connectivity index (χ0v) is 11.9. The van der Waals surface area contributed by atoms with Gasteiger partial charge in [-0.15, -0.1) is 11.3 Å². The Morgan fingerprint density at radius 2 is 2.05 bits per heavy atom. The first-order valence-corrected chi connectivity index (χ1v) is 7.23. The van der Waals surface area contributed by atoms with Crippen LogP contribution in [0.2, 0.25) is 0 Å². The number of thiophene rings is 1. The van der Waals surface area contributed by atoms with Crippen molar-refractivity contribution in [1.29, 1.82) is 0 Å². The molecule has 0 saturated carbocycles. The second-order valence-electron chi connectivity index (χ2n) is 4.16. The minimum Gasteiger partial charge on any atom is -0.457 e. The average molecular weight is 298 g/mol. The van der Waals surface area contributed by atoms with Gasteiger partial charge in [-0.1, -0.05) is 12.5 Å². The molecule has 110 valence electrons. The fourth-order valence-electron chi connectivity index (χ4n) is 1.51. The number of urea groups is 1. The lowest BCUT2D eigenvalue weighted by molar-refractivity contribution is -0.142. The van der Waals surface area contributed by atoms with E-state index >= 15 is 0 Å². The number of Topliss-reactive ketones (excluding diaryl/α,β-unsaturated/α-hetero) is 1. The number of carbonyl (C=O) groups excluding carboxylic acids is 3. The van der Waals surface area contributed by atoms with Gasteiger partial charge in [-0.3, -0.25) is 9.59 Å². The molecule has 0 fully saturated rings. The largest absolute Gasteiger partial charge is 0.457 e. The molecule has 1 aromatic heterocycles. The van der Waals surface area contributed by atoms with Crippen LogP contribution in [0, 0.1) is 0 Å². The van der Waals surface area contributed by atoms with E-state index in [0.717, 1.165) is 12.8 Å². The number of rotatable bonds is 9. The molecule has 0 unspecified atom stereocenters. The number of nitrogens with one attached hydrogen (secondary N) is 1. The van der Waals surface area contributed by atoms with Gasteiger partial charge in [-0.05, 0) is 24.3 Å². The van der Waals surface area contributed by atoms with Crippen LogP contribution < -0.4 is 11.1 Å². The van der Waals surface area contributed by atoms with Gasteiger partial charge in [0.15, 0.2) is 6.61 Å². The SMILES string of the molecule is NC(=O)NCCCCCC(=O)OCC(=O)c1cccs1. The molecule has 6 nitrogen and oxygen atoms in total. The summed E-state index contributed by atoms with van der Waals surface area (Å²) in [6.45, 7) is 0.295. The van der Waals surface area contributed by atoms with Crippen LogP contribution >= 0.6 is 11.3 Å². The van der Waals surface area contributed by atoms with E-state index in [1.807, 2.05) is 0 Å². The molecule has 0 atom stereocenters. The lowest BCUT2D eigenvalue weighted by atomic mass is 10.2. The van der Waals surface area contributed by atoms with Crippen LogP contribution in [0.25, 0.3) is 0 Å². The first-order chi connectivity index (χ1) is 9.59. The predicted molar refractivity (Wildman–Crippen MR) is 75.7 cm³/mol. The highest BCUT2D eigenvalue weighted by Crippen LogP contribution is 2.09. The van der Waals surface area contributed by atoms with Gasteiger partial charge in [-0.25, -0.2) is 4.79 Å². The maximum atomic E-state index is 11.6. The van der Waals surface area contributed by atoms with Crippen LogP contribution in [-0.4, -0.2) is 30.9 Å². The minimum atomic E-state index is -0.545. The van der Waals surface area contributed by atoms with E-state index in [2.05, 4.69) is 5.32 Å². The maximum Gasteiger partial charge on any atom is 0.312 e. The number of nitrogens with two attached hydrogens (primary N) is 1. The van der Waals surface area contributed by atoms with Crippen LogP contribution in [0.15, 0.2) is 17.5 Å². The monoisotopic (exact) mass is 298 g/mol. The molecular formula is C13H18N2O4S. The first-order valence-electron chi connectivity index (χ1n) is 6.35. The Hall–Kier alpha value is -1.89. The van der Waals surface area contributed by atoms with E-state index in [1.165, 1.54) is 11.3 Å². The second kappa shape index (κ2) is 9.08. The molecule has 0 aliphatic heterocycles. The van der Waals surface area contributed by atoms with E-state index in [-0.39, 0.29) is 24.8 Å².